The van der Waals surface area contributed by atoms with E-state index in [9.17, 15) is 9.59 Å². The smallest absolute Gasteiger partial charge is 0.242 e. The first kappa shape index (κ1) is 15.9. The molecule has 2 unspecified atom stereocenters. The molecule has 2 rings (SSSR count). The predicted octanol–water partition coefficient (Wildman–Crippen LogP) is 2.14. The molecule has 6 nitrogen and oxygen atoms in total. The van der Waals surface area contributed by atoms with Crippen LogP contribution in [0.2, 0.25) is 0 Å². The molecule has 0 aliphatic carbocycles. The maximum atomic E-state index is 12.0. The van der Waals surface area contributed by atoms with Crippen LogP contribution in [-0.2, 0) is 9.59 Å². The molecule has 6 heteroatoms. The number of rotatable bonds is 5. The zero-order valence-corrected chi connectivity index (χ0v) is 13.1. The van der Waals surface area contributed by atoms with Gasteiger partial charge in [0.15, 0.2) is 11.3 Å². The number of fused-ring (bicyclic) bond motifs is 1. The number of methoxy groups -OCH3 is 1. The second-order valence-electron chi connectivity index (χ2n) is 5.18. The van der Waals surface area contributed by atoms with Crippen molar-refractivity contribution in [3.8, 4) is 5.75 Å². The highest BCUT2D eigenvalue weighted by Gasteiger charge is 2.19. The van der Waals surface area contributed by atoms with Crippen molar-refractivity contribution in [2.75, 3.05) is 7.11 Å². The van der Waals surface area contributed by atoms with E-state index in [4.69, 9.17) is 9.15 Å². The molecule has 2 atom stereocenters. The fourth-order valence-corrected chi connectivity index (χ4v) is 2.21. The van der Waals surface area contributed by atoms with Gasteiger partial charge in [-0.25, -0.2) is 0 Å². The summed E-state index contributed by atoms with van der Waals surface area (Å²) in [5, 5.41) is 6.26. The Hall–Kier alpha value is -2.50. The van der Waals surface area contributed by atoms with Crippen molar-refractivity contribution >= 4 is 22.8 Å². The second kappa shape index (κ2) is 6.51. The normalized spacial score (nSPS) is 13.5. The van der Waals surface area contributed by atoms with Gasteiger partial charge in [0.1, 0.15) is 11.8 Å². The average molecular weight is 304 g/mol. The van der Waals surface area contributed by atoms with Crippen molar-refractivity contribution in [1.29, 1.82) is 0 Å². The van der Waals surface area contributed by atoms with Crippen molar-refractivity contribution in [1.82, 2.24) is 10.6 Å². The summed E-state index contributed by atoms with van der Waals surface area (Å²) in [6, 6.07) is 6.56. The molecule has 1 heterocycles. The molecule has 1 aromatic heterocycles. The van der Waals surface area contributed by atoms with Gasteiger partial charge in [0.05, 0.1) is 13.2 Å². The van der Waals surface area contributed by atoms with E-state index in [0.29, 0.717) is 17.1 Å². The molecule has 0 spiro atoms. The lowest BCUT2D eigenvalue weighted by Crippen LogP contribution is -2.44. The third-order valence-corrected chi connectivity index (χ3v) is 3.35. The summed E-state index contributed by atoms with van der Waals surface area (Å²) in [6.07, 6.45) is 0. The first-order valence-corrected chi connectivity index (χ1v) is 7.06. The van der Waals surface area contributed by atoms with Crippen LogP contribution in [0.4, 0.5) is 0 Å². The summed E-state index contributed by atoms with van der Waals surface area (Å²) in [5.41, 5.74) is 0.649. The van der Waals surface area contributed by atoms with Crippen LogP contribution in [-0.4, -0.2) is 25.0 Å². The number of hydrogen-bond donors (Lipinski definition) is 2. The lowest BCUT2D eigenvalue weighted by Gasteiger charge is -2.16. The van der Waals surface area contributed by atoms with Gasteiger partial charge in [-0.2, -0.15) is 0 Å². The highest BCUT2D eigenvalue weighted by atomic mass is 16.5. The molecule has 1 aromatic carbocycles. The summed E-state index contributed by atoms with van der Waals surface area (Å²) >= 11 is 0. The molecule has 0 bridgehead atoms. The summed E-state index contributed by atoms with van der Waals surface area (Å²) in [5.74, 6) is 0.760. The SMILES string of the molecule is COc1cccc2cc(C(C)NC(=O)C(C)NC(C)=O)oc12. The molecule has 2 amide bonds. The molecule has 0 radical (unpaired) electrons. The van der Waals surface area contributed by atoms with Crippen LogP contribution < -0.4 is 15.4 Å². The molecule has 0 aliphatic heterocycles. The number of furan rings is 1. The lowest BCUT2D eigenvalue weighted by atomic mass is 10.2. The number of amides is 2. The molecule has 2 aromatic rings. The molecule has 0 saturated carbocycles. The number of carbonyl (C=O) groups excluding carboxylic acids is 2. The summed E-state index contributed by atoms with van der Waals surface area (Å²) in [7, 11) is 1.58. The van der Waals surface area contributed by atoms with Gasteiger partial charge in [0.25, 0.3) is 0 Å². The number of carbonyl (C=O) groups is 2. The minimum Gasteiger partial charge on any atom is -0.493 e. The molecule has 0 fully saturated rings. The van der Waals surface area contributed by atoms with Gasteiger partial charge in [0.2, 0.25) is 11.8 Å². The third-order valence-electron chi connectivity index (χ3n) is 3.35. The Morgan fingerprint density at radius 1 is 1.23 bits per heavy atom. The first-order valence-electron chi connectivity index (χ1n) is 7.06. The zero-order valence-electron chi connectivity index (χ0n) is 13.1. The number of ether oxygens (including phenoxy) is 1. The van der Waals surface area contributed by atoms with E-state index in [2.05, 4.69) is 10.6 Å². The van der Waals surface area contributed by atoms with Crippen LogP contribution in [0.3, 0.4) is 0 Å². The van der Waals surface area contributed by atoms with Crippen molar-refractivity contribution in [3.05, 3.63) is 30.0 Å². The van der Waals surface area contributed by atoms with Gasteiger partial charge >= 0.3 is 0 Å². The van der Waals surface area contributed by atoms with E-state index >= 15 is 0 Å². The summed E-state index contributed by atoms with van der Waals surface area (Å²) < 4.78 is 11.0. The highest BCUT2D eigenvalue weighted by Crippen LogP contribution is 2.30. The number of nitrogens with one attached hydrogen (secondary N) is 2. The molecule has 0 aliphatic rings. The molecule has 2 N–H and O–H groups in total. The Morgan fingerprint density at radius 3 is 2.59 bits per heavy atom. The highest BCUT2D eigenvalue weighted by molar-refractivity contribution is 5.87. The van der Waals surface area contributed by atoms with Gasteiger partial charge < -0.3 is 19.8 Å². The van der Waals surface area contributed by atoms with Gasteiger partial charge in [0, 0.05) is 12.3 Å². The topological polar surface area (TPSA) is 80.6 Å². The van der Waals surface area contributed by atoms with Crippen LogP contribution in [0.15, 0.2) is 28.7 Å². The Kier molecular flexibility index (Phi) is 4.70. The van der Waals surface area contributed by atoms with Crippen molar-refractivity contribution in [3.63, 3.8) is 0 Å². The van der Waals surface area contributed by atoms with Crippen LogP contribution in [0.1, 0.15) is 32.6 Å². The van der Waals surface area contributed by atoms with Crippen LogP contribution in [0, 0.1) is 0 Å². The fraction of sp³-hybridized carbons (Fsp3) is 0.375. The Bertz CT molecular complexity index is 693. The van der Waals surface area contributed by atoms with E-state index in [0.717, 1.165) is 5.39 Å². The average Bonchev–Trinajstić information content (AvgIpc) is 2.90. The number of hydrogen-bond acceptors (Lipinski definition) is 4. The number of benzene rings is 1. The summed E-state index contributed by atoms with van der Waals surface area (Å²) in [4.78, 5) is 23.0. The first-order chi connectivity index (χ1) is 10.4. The monoisotopic (exact) mass is 304 g/mol. The standard InChI is InChI=1S/C16H20N2O4/c1-9(18-16(20)10(2)17-11(3)19)14-8-12-6-5-7-13(21-4)15(12)22-14/h5-10H,1-4H3,(H,17,19)(H,18,20). The second-order valence-corrected chi connectivity index (χ2v) is 5.18. The minimum atomic E-state index is -0.598. The number of para-hydroxylation sites is 1. The molecule has 0 saturated heterocycles. The van der Waals surface area contributed by atoms with E-state index in [1.165, 1.54) is 6.92 Å². The molecule has 22 heavy (non-hydrogen) atoms. The summed E-state index contributed by atoms with van der Waals surface area (Å²) in [6.45, 7) is 4.83. The maximum Gasteiger partial charge on any atom is 0.242 e. The van der Waals surface area contributed by atoms with E-state index in [1.54, 1.807) is 14.0 Å². The molecular weight excluding hydrogens is 284 g/mol. The predicted molar refractivity (Wildman–Crippen MR) is 82.6 cm³/mol. The van der Waals surface area contributed by atoms with E-state index in [1.807, 2.05) is 31.2 Å². The van der Waals surface area contributed by atoms with Gasteiger partial charge in [-0.05, 0) is 26.0 Å². The van der Waals surface area contributed by atoms with Crippen LogP contribution >= 0.6 is 0 Å². The van der Waals surface area contributed by atoms with Gasteiger partial charge in [-0.1, -0.05) is 12.1 Å². The van der Waals surface area contributed by atoms with Crippen LogP contribution in [0.25, 0.3) is 11.0 Å². The van der Waals surface area contributed by atoms with Gasteiger partial charge in [-0.15, -0.1) is 0 Å². The Balaban J connectivity index is 2.14. The fourth-order valence-electron chi connectivity index (χ4n) is 2.21. The zero-order chi connectivity index (χ0) is 16.3. The largest absolute Gasteiger partial charge is 0.493 e. The maximum absolute atomic E-state index is 12.0. The van der Waals surface area contributed by atoms with Crippen LogP contribution in [0.5, 0.6) is 5.75 Å². The van der Waals surface area contributed by atoms with E-state index < -0.39 is 6.04 Å². The third kappa shape index (κ3) is 3.39. The minimum absolute atomic E-state index is 0.247. The molecule has 118 valence electrons. The lowest BCUT2D eigenvalue weighted by molar-refractivity contribution is -0.128. The van der Waals surface area contributed by atoms with Crippen molar-refractivity contribution < 1.29 is 18.7 Å². The quantitative estimate of drug-likeness (QED) is 0.887. The Morgan fingerprint density at radius 2 is 1.95 bits per heavy atom. The van der Waals surface area contributed by atoms with Crippen molar-refractivity contribution in [2.24, 2.45) is 0 Å². The molecular formula is C16H20N2O4. The van der Waals surface area contributed by atoms with E-state index in [-0.39, 0.29) is 17.9 Å². The van der Waals surface area contributed by atoms with Crippen molar-refractivity contribution in [2.45, 2.75) is 32.9 Å². The Labute approximate surface area is 128 Å². The van der Waals surface area contributed by atoms with Gasteiger partial charge in [-0.3, -0.25) is 9.59 Å².